The van der Waals surface area contributed by atoms with Crippen LogP contribution in [-0.4, -0.2) is 27.2 Å². The van der Waals surface area contributed by atoms with Gasteiger partial charge in [-0.2, -0.15) is 13.2 Å². The Balaban J connectivity index is 1.63. The topological polar surface area (TPSA) is 37.6 Å². The number of imidazole rings is 1. The number of aromatic nitrogens is 2. The largest absolute Gasteiger partial charge is 0.416 e. The quantitative estimate of drug-likeness (QED) is 0.450. The zero-order valence-electron chi connectivity index (χ0n) is 15.3. The number of nitrogens with zero attached hydrogens (tertiary/aromatic N) is 3. The van der Waals surface area contributed by atoms with Gasteiger partial charge in [0.05, 0.1) is 11.3 Å². The van der Waals surface area contributed by atoms with Crippen molar-refractivity contribution >= 4 is 22.2 Å². The number of rotatable bonds is 4. The van der Waals surface area contributed by atoms with Crippen molar-refractivity contribution in [2.75, 3.05) is 7.05 Å². The molecule has 148 valence electrons. The number of amides is 1. The smallest absolute Gasteiger partial charge is 0.336 e. The van der Waals surface area contributed by atoms with E-state index >= 15 is 0 Å². The van der Waals surface area contributed by atoms with Crippen molar-refractivity contribution in [2.45, 2.75) is 12.7 Å². The second-order valence-electron chi connectivity index (χ2n) is 6.63. The van der Waals surface area contributed by atoms with E-state index in [0.717, 1.165) is 17.7 Å². The van der Waals surface area contributed by atoms with Crippen LogP contribution in [0.3, 0.4) is 0 Å². The van der Waals surface area contributed by atoms with Crippen LogP contribution in [0.15, 0.2) is 66.2 Å². The van der Waals surface area contributed by atoms with E-state index < -0.39 is 11.7 Å². The fraction of sp³-hybridized carbons (Fsp3) is 0.143. The number of benzene rings is 2. The molecular weight excluding hydrogens is 399 g/mol. The second kappa shape index (κ2) is 7.36. The number of carbonyl (C=O) groups excluding carboxylic acids is 1. The lowest BCUT2D eigenvalue weighted by atomic mass is 10.1. The van der Waals surface area contributed by atoms with Crippen molar-refractivity contribution in [3.05, 3.63) is 83.0 Å². The number of thiazole rings is 1. The SMILES string of the molecule is CN(Cc1ccccc1)C(=O)c1csc2nc(-c3cccc(C(F)(F)F)c3)cn12. The maximum Gasteiger partial charge on any atom is 0.416 e. The highest BCUT2D eigenvalue weighted by molar-refractivity contribution is 7.15. The van der Waals surface area contributed by atoms with Gasteiger partial charge in [-0.3, -0.25) is 9.20 Å². The fourth-order valence-electron chi connectivity index (χ4n) is 3.06. The lowest BCUT2D eigenvalue weighted by molar-refractivity contribution is -0.137. The number of hydrogen-bond acceptors (Lipinski definition) is 3. The normalized spacial score (nSPS) is 11.7. The third kappa shape index (κ3) is 3.88. The summed E-state index contributed by atoms with van der Waals surface area (Å²) < 4.78 is 40.6. The summed E-state index contributed by atoms with van der Waals surface area (Å²) in [5.41, 5.74) is 1.44. The molecular formula is C21H16F3N3OS. The molecule has 0 aliphatic rings. The molecule has 2 aromatic carbocycles. The van der Waals surface area contributed by atoms with Crippen LogP contribution in [0.5, 0.6) is 0 Å². The van der Waals surface area contributed by atoms with Gasteiger partial charge in [0.2, 0.25) is 0 Å². The first-order valence-corrected chi connectivity index (χ1v) is 9.64. The minimum atomic E-state index is -4.42. The molecule has 0 radical (unpaired) electrons. The van der Waals surface area contributed by atoms with E-state index in [1.165, 1.54) is 17.4 Å². The summed E-state index contributed by atoms with van der Waals surface area (Å²) in [7, 11) is 1.71. The Morgan fingerprint density at radius 3 is 2.62 bits per heavy atom. The Hall–Kier alpha value is -3.13. The van der Waals surface area contributed by atoms with Gasteiger partial charge in [-0.15, -0.1) is 11.3 Å². The molecule has 0 spiro atoms. The molecule has 4 rings (SSSR count). The molecule has 0 atom stereocenters. The van der Waals surface area contributed by atoms with E-state index in [2.05, 4.69) is 4.98 Å². The predicted molar refractivity (Wildman–Crippen MR) is 106 cm³/mol. The van der Waals surface area contributed by atoms with Gasteiger partial charge in [0.15, 0.2) is 4.96 Å². The molecule has 0 N–H and O–H groups in total. The Morgan fingerprint density at radius 1 is 1.14 bits per heavy atom. The summed E-state index contributed by atoms with van der Waals surface area (Å²) in [5, 5.41) is 1.71. The first-order chi connectivity index (χ1) is 13.8. The average Bonchev–Trinajstić information content (AvgIpc) is 3.28. The van der Waals surface area contributed by atoms with Gasteiger partial charge in [0, 0.05) is 30.7 Å². The van der Waals surface area contributed by atoms with E-state index in [9.17, 15) is 18.0 Å². The maximum absolute atomic E-state index is 13.0. The molecule has 1 amide bonds. The highest BCUT2D eigenvalue weighted by Gasteiger charge is 2.30. The van der Waals surface area contributed by atoms with E-state index in [4.69, 9.17) is 0 Å². The van der Waals surface area contributed by atoms with Crippen LogP contribution >= 0.6 is 11.3 Å². The zero-order chi connectivity index (χ0) is 20.6. The number of halogens is 3. The van der Waals surface area contributed by atoms with Crippen LogP contribution in [-0.2, 0) is 12.7 Å². The Bertz CT molecular complexity index is 1160. The van der Waals surface area contributed by atoms with E-state index in [0.29, 0.717) is 28.5 Å². The van der Waals surface area contributed by atoms with Gasteiger partial charge in [-0.05, 0) is 17.7 Å². The van der Waals surface area contributed by atoms with Crippen LogP contribution in [0.1, 0.15) is 21.6 Å². The minimum Gasteiger partial charge on any atom is -0.336 e. The van der Waals surface area contributed by atoms with Gasteiger partial charge >= 0.3 is 6.18 Å². The summed E-state index contributed by atoms with van der Waals surface area (Å²) in [6.07, 6.45) is -2.82. The molecule has 0 saturated heterocycles. The van der Waals surface area contributed by atoms with Crippen molar-refractivity contribution in [2.24, 2.45) is 0 Å². The van der Waals surface area contributed by atoms with Crippen molar-refractivity contribution < 1.29 is 18.0 Å². The van der Waals surface area contributed by atoms with Crippen LogP contribution in [0.25, 0.3) is 16.2 Å². The van der Waals surface area contributed by atoms with Crippen molar-refractivity contribution in [3.63, 3.8) is 0 Å². The van der Waals surface area contributed by atoms with Crippen LogP contribution in [0.2, 0.25) is 0 Å². The Kier molecular flexibility index (Phi) is 4.87. The van der Waals surface area contributed by atoms with E-state index in [-0.39, 0.29) is 5.91 Å². The number of hydrogen-bond donors (Lipinski definition) is 0. The number of carbonyl (C=O) groups is 1. The van der Waals surface area contributed by atoms with Gasteiger partial charge in [0.1, 0.15) is 5.69 Å². The summed E-state index contributed by atoms with van der Waals surface area (Å²) in [6, 6.07) is 14.6. The monoisotopic (exact) mass is 415 g/mol. The molecule has 0 aliphatic heterocycles. The van der Waals surface area contributed by atoms with Crippen LogP contribution in [0, 0.1) is 0 Å². The van der Waals surface area contributed by atoms with Gasteiger partial charge in [-0.1, -0.05) is 42.5 Å². The summed E-state index contributed by atoms with van der Waals surface area (Å²) in [5.74, 6) is -0.187. The molecule has 0 fully saturated rings. The maximum atomic E-state index is 13.0. The van der Waals surface area contributed by atoms with Gasteiger partial charge in [0.25, 0.3) is 5.91 Å². The van der Waals surface area contributed by atoms with Gasteiger partial charge in [-0.25, -0.2) is 4.98 Å². The first kappa shape index (κ1) is 19.2. The lowest BCUT2D eigenvalue weighted by Crippen LogP contribution is -2.27. The standard InChI is InChI=1S/C21H16F3N3OS/c1-26(11-14-6-3-2-4-7-14)19(28)18-13-29-20-25-17(12-27(18)20)15-8-5-9-16(10-15)21(22,23)24/h2-10,12-13H,11H2,1H3. The van der Waals surface area contributed by atoms with Crippen molar-refractivity contribution in [1.29, 1.82) is 0 Å². The summed E-state index contributed by atoms with van der Waals surface area (Å²) in [4.78, 5) is 19.4. The molecule has 0 saturated carbocycles. The van der Waals surface area contributed by atoms with E-state index in [1.54, 1.807) is 34.0 Å². The molecule has 29 heavy (non-hydrogen) atoms. The van der Waals surface area contributed by atoms with Crippen LogP contribution in [0.4, 0.5) is 13.2 Å². The van der Waals surface area contributed by atoms with Gasteiger partial charge < -0.3 is 4.90 Å². The summed E-state index contributed by atoms with van der Waals surface area (Å²) in [6.45, 7) is 0.451. The molecule has 8 heteroatoms. The molecule has 0 bridgehead atoms. The second-order valence-corrected chi connectivity index (χ2v) is 7.46. The minimum absolute atomic E-state index is 0.187. The highest BCUT2D eigenvalue weighted by atomic mass is 32.1. The molecule has 2 aromatic heterocycles. The number of alkyl halides is 3. The summed E-state index contributed by atoms with van der Waals surface area (Å²) >= 11 is 1.27. The third-order valence-corrected chi connectivity index (χ3v) is 5.36. The molecule has 0 unspecified atom stereocenters. The fourth-order valence-corrected chi connectivity index (χ4v) is 3.90. The first-order valence-electron chi connectivity index (χ1n) is 8.76. The Labute approximate surface area is 168 Å². The molecule has 2 heterocycles. The Morgan fingerprint density at radius 2 is 1.90 bits per heavy atom. The molecule has 0 aliphatic carbocycles. The number of fused-ring (bicyclic) bond motifs is 1. The predicted octanol–water partition coefficient (Wildman–Crippen LogP) is 5.35. The van der Waals surface area contributed by atoms with Crippen LogP contribution < -0.4 is 0 Å². The zero-order valence-corrected chi connectivity index (χ0v) is 16.2. The molecule has 4 aromatic rings. The highest BCUT2D eigenvalue weighted by Crippen LogP contribution is 2.32. The average molecular weight is 415 g/mol. The van der Waals surface area contributed by atoms with Crippen molar-refractivity contribution in [3.8, 4) is 11.3 Å². The van der Waals surface area contributed by atoms with Crippen molar-refractivity contribution in [1.82, 2.24) is 14.3 Å². The lowest BCUT2D eigenvalue weighted by Gasteiger charge is -2.16. The third-order valence-electron chi connectivity index (χ3n) is 4.52. The molecule has 4 nitrogen and oxygen atoms in total. The van der Waals surface area contributed by atoms with E-state index in [1.807, 2.05) is 30.3 Å².